The molecule has 1 aromatic rings. The smallest absolute Gasteiger partial charge is 0.312 e. The number of carbonyl (C=O) groups excluding carboxylic acids is 1. The van der Waals surface area contributed by atoms with Gasteiger partial charge in [-0.1, -0.05) is 12.1 Å². The summed E-state index contributed by atoms with van der Waals surface area (Å²) in [5.74, 6) is 0. The second kappa shape index (κ2) is 4.35. The van der Waals surface area contributed by atoms with Crippen LogP contribution in [-0.4, -0.2) is 12.6 Å². The highest BCUT2D eigenvalue weighted by molar-refractivity contribution is 5.71. The van der Waals surface area contributed by atoms with E-state index in [1.807, 2.05) is 24.3 Å². The summed E-state index contributed by atoms with van der Waals surface area (Å²) in [7, 11) is 0. The minimum absolute atomic E-state index is 0.496. The van der Waals surface area contributed by atoms with Crippen LogP contribution in [0.25, 0.3) is 0 Å². The number of nitrogen functional groups attached to an aromatic ring is 1. The number of nitrogens with two attached hydrogens (primary N) is 2. The normalized spacial score (nSPS) is 9.54. The SMILES string of the molecule is NC(=O)NCCc1cccc(N)c1. The molecule has 1 rings (SSSR count). The van der Waals surface area contributed by atoms with Crippen molar-refractivity contribution in [2.45, 2.75) is 6.42 Å². The lowest BCUT2D eigenvalue weighted by molar-refractivity contribution is 0.249. The fourth-order valence-corrected chi connectivity index (χ4v) is 1.08. The molecule has 4 nitrogen and oxygen atoms in total. The van der Waals surface area contributed by atoms with E-state index in [9.17, 15) is 4.79 Å². The zero-order valence-electron chi connectivity index (χ0n) is 7.29. The van der Waals surface area contributed by atoms with Gasteiger partial charge in [0, 0.05) is 12.2 Å². The lowest BCUT2D eigenvalue weighted by Gasteiger charge is -2.02. The molecular formula is C9H13N3O. The van der Waals surface area contributed by atoms with Crippen molar-refractivity contribution in [3.05, 3.63) is 29.8 Å². The highest BCUT2D eigenvalue weighted by Crippen LogP contribution is 2.06. The predicted molar refractivity (Wildman–Crippen MR) is 52.1 cm³/mol. The van der Waals surface area contributed by atoms with Gasteiger partial charge >= 0.3 is 6.03 Å². The molecule has 0 heterocycles. The zero-order valence-corrected chi connectivity index (χ0v) is 7.29. The van der Waals surface area contributed by atoms with Crippen LogP contribution in [0.5, 0.6) is 0 Å². The van der Waals surface area contributed by atoms with Gasteiger partial charge in [0.2, 0.25) is 0 Å². The fourth-order valence-electron chi connectivity index (χ4n) is 1.08. The van der Waals surface area contributed by atoms with E-state index in [2.05, 4.69) is 5.32 Å². The topological polar surface area (TPSA) is 81.1 Å². The number of hydrogen-bond acceptors (Lipinski definition) is 2. The molecule has 2 amide bonds. The molecule has 0 atom stereocenters. The van der Waals surface area contributed by atoms with Gasteiger partial charge in [-0.05, 0) is 24.1 Å². The van der Waals surface area contributed by atoms with Crippen molar-refractivity contribution in [3.63, 3.8) is 0 Å². The van der Waals surface area contributed by atoms with E-state index in [1.165, 1.54) is 0 Å². The molecule has 1 aromatic carbocycles. The molecule has 0 unspecified atom stereocenters. The minimum atomic E-state index is -0.496. The average Bonchev–Trinajstić information content (AvgIpc) is 2.03. The van der Waals surface area contributed by atoms with Crippen molar-refractivity contribution in [2.24, 2.45) is 5.73 Å². The maximum absolute atomic E-state index is 10.3. The van der Waals surface area contributed by atoms with Crippen LogP contribution in [0.1, 0.15) is 5.56 Å². The van der Waals surface area contributed by atoms with Gasteiger partial charge in [-0.15, -0.1) is 0 Å². The Morgan fingerprint density at radius 1 is 1.46 bits per heavy atom. The van der Waals surface area contributed by atoms with Gasteiger partial charge in [0.1, 0.15) is 0 Å². The Morgan fingerprint density at radius 2 is 2.23 bits per heavy atom. The molecule has 0 aromatic heterocycles. The van der Waals surface area contributed by atoms with Gasteiger partial charge in [0.25, 0.3) is 0 Å². The van der Waals surface area contributed by atoms with Crippen LogP contribution >= 0.6 is 0 Å². The molecule has 0 aliphatic carbocycles. The molecule has 5 N–H and O–H groups in total. The van der Waals surface area contributed by atoms with E-state index in [4.69, 9.17) is 11.5 Å². The minimum Gasteiger partial charge on any atom is -0.399 e. The Kier molecular flexibility index (Phi) is 3.14. The monoisotopic (exact) mass is 179 g/mol. The van der Waals surface area contributed by atoms with E-state index >= 15 is 0 Å². The second-order valence-electron chi connectivity index (χ2n) is 2.79. The number of carbonyl (C=O) groups is 1. The Labute approximate surface area is 76.9 Å². The zero-order chi connectivity index (χ0) is 9.68. The van der Waals surface area contributed by atoms with Crippen LogP contribution in [0.2, 0.25) is 0 Å². The Balaban J connectivity index is 2.41. The molecule has 0 spiro atoms. The van der Waals surface area contributed by atoms with Crippen molar-refractivity contribution < 1.29 is 4.79 Å². The van der Waals surface area contributed by atoms with Crippen LogP contribution < -0.4 is 16.8 Å². The average molecular weight is 179 g/mol. The highest BCUT2D eigenvalue weighted by Gasteiger charge is 1.94. The summed E-state index contributed by atoms with van der Waals surface area (Å²) in [6.45, 7) is 0.540. The molecule has 0 fully saturated rings. The lowest BCUT2D eigenvalue weighted by atomic mass is 10.1. The van der Waals surface area contributed by atoms with E-state index in [0.717, 1.165) is 17.7 Å². The summed E-state index contributed by atoms with van der Waals surface area (Å²) in [6, 6.07) is 7.05. The standard InChI is InChI=1S/C9H13N3O/c10-8-3-1-2-7(6-8)4-5-12-9(11)13/h1-3,6H,4-5,10H2,(H3,11,12,13). The summed E-state index contributed by atoms with van der Waals surface area (Å²) in [6.07, 6.45) is 0.744. The van der Waals surface area contributed by atoms with Crippen molar-refractivity contribution in [2.75, 3.05) is 12.3 Å². The Hall–Kier alpha value is -1.71. The lowest BCUT2D eigenvalue weighted by Crippen LogP contribution is -2.30. The number of rotatable bonds is 3. The van der Waals surface area contributed by atoms with Gasteiger partial charge < -0.3 is 16.8 Å². The van der Waals surface area contributed by atoms with Crippen molar-refractivity contribution in [1.82, 2.24) is 5.32 Å². The van der Waals surface area contributed by atoms with Gasteiger partial charge in [0.15, 0.2) is 0 Å². The van der Waals surface area contributed by atoms with E-state index in [1.54, 1.807) is 0 Å². The first-order valence-corrected chi connectivity index (χ1v) is 4.06. The molecule has 0 saturated heterocycles. The summed E-state index contributed by atoms with van der Waals surface area (Å²) >= 11 is 0. The second-order valence-corrected chi connectivity index (χ2v) is 2.79. The largest absolute Gasteiger partial charge is 0.399 e. The van der Waals surface area contributed by atoms with E-state index in [0.29, 0.717) is 6.54 Å². The summed E-state index contributed by atoms with van der Waals surface area (Å²) in [5.41, 5.74) is 12.3. The number of nitrogens with one attached hydrogen (secondary N) is 1. The molecule has 0 aliphatic heterocycles. The Bertz CT molecular complexity index is 299. The third kappa shape index (κ3) is 3.46. The van der Waals surface area contributed by atoms with Crippen molar-refractivity contribution in [3.8, 4) is 0 Å². The van der Waals surface area contributed by atoms with Crippen molar-refractivity contribution in [1.29, 1.82) is 0 Å². The molecule has 70 valence electrons. The van der Waals surface area contributed by atoms with Crippen LogP contribution in [0.3, 0.4) is 0 Å². The number of amides is 2. The predicted octanol–water partition coefficient (Wildman–Crippen LogP) is 0.480. The van der Waals surface area contributed by atoms with Crippen LogP contribution in [0, 0.1) is 0 Å². The third-order valence-electron chi connectivity index (χ3n) is 1.66. The molecule has 4 heteroatoms. The molecule has 0 saturated carbocycles. The number of hydrogen-bond donors (Lipinski definition) is 3. The maximum atomic E-state index is 10.3. The third-order valence-corrected chi connectivity index (χ3v) is 1.66. The molecule has 0 aliphatic rings. The molecule has 0 bridgehead atoms. The number of primary amides is 1. The summed E-state index contributed by atoms with van der Waals surface area (Å²) in [5, 5.41) is 2.51. The Morgan fingerprint density at radius 3 is 2.85 bits per heavy atom. The first kappa shape index (κ1) is 9.38. The van der Waals surface area contributed by atoms with Crippen molar-refractivity contribution >= 4 is 11.7 Å². The first-order chi connectivity index (χ1) is 6.18. The summed E-state index contributed by atoms with van der Waals surface area (Å²) in [4.78, 5) is 10.3. The van der Waals surface area contributed by atoms with E-state index in [-0.39, 0.29) is 0 Å². The van der Waals surface area contributed by atoms with Crippen LogP contribution in [0.4, 0.5) is 10.5 Å². The van der Waals surface area contributed by atoms with E-state index < -0.39 is 6.03 Å². The highest BCUT2D eigenvalue weighted by atomic mass is 16.2. The summed E-state index contributed by atoms with van der Waals surface area (Å²) < 4.78 is 0. The number of urea groups is 1. The molecular weight excluding hydrogens is 166 g/mol. The van der Waals surface area contributed by atoms with Gasteiger partial charge in [-0.25, -0.2) is 4.79 Å². The van der Waals surface area contributed by atoms with Crippen LogP contribution in [-0.2, 0) is 6.42 Å². The molecule has 0 radical (unpaired) electrons. The van der Waals surface area contributed by atoms with Crippen LogP contribution in [0.15, 0.2) is 24.3 Å². The van der Waals surface area contributed by atoms with Gasteiger partial charge in [-0.2, -0.15) is 0 Å². The number of benzene rings is 1. The fraction of sp³-hybridized carbons (Fsp3) is 0.222. The first-order valence-electron chi connectivity index (χ1n) is 4.06. The number of anilines is 1. The maximum Gasteiger partial charge on any atom is 0.312 e. The van der Waals surface area contributed by atoms with Gasteiger partial charge in [0.05, 0.1) is 0 Å². The quantitative estimate of drug-likeness (QED) is 0.590. The molecule has 13 heavy (non-hydrogen) atoms. The van der Waals surface area contributed by atoms with Gasteiger partial charge in [-0.3, -0.25) is 0 Å².